The highest BCUT2D eigenvalue weighted by Gasteiger charge is 2.41. The van der Waals surface area contributed by atoms with Crippen LogP contribution in [-0.4, -0.2) is 45.5 Å². The Bertz CT molecular complexity index is 620. The molecule has 5 heteroatoms. The van der Waals surface area contributed by atoms with Crippen LogP contribution in [0, 0.1) is 5.92 Å². The number of aryl methyl sites for hydroxylation is 1. The predicted octanol–water partition coefficient (Wildman–Crippen LogP) is 1.85. The Kier molecular flexibility index (Phi) is 3.12. The average Bonchev–Trinajstić information content (AvgIpc) is 3.16. The van der Waals surface area contributed by atoms with Crippen LogP contribution in [0.2, 0.25) is 0 Å². The van der Waals surface area contributed by atoms with Gasteiger partial charge in [-0.1, -0.05) is 0 Å². The van der Waals surface area contributed by atoms with Gasteiger partial charge in [0.2, 0.25) is 0 Å². The van der Waals surface area contributed by atoms with Gasteiger partial charge in [-0.25, -0.2) is 0 Å². The second kappa shape index (κ2) is 5.00. The molecule has 0 spiro atoms. The summed E-state index contributed by atoms with van der Waals surface area (Å²) in [4.78, 5) is 2.43. The Labute approximate surface area is 124 Å². The maximum atomic E-state index is 9.48. The van der Waals surface area contributed by atoms with Crippen LogP contribution in [0.1, 0.15) is 24.5 Å². The zero-order valence-electron chi connectivity index (χ0n) is 12.3. The van der Waals surface area contributed by atoms with Crippen LogP contribution in [0.25, 0.3) is 11.5 Å². The first kappa shape index (κ1) is 13.1. The molecule has 3 aliphatic rings. The lowest BCUT2D eigenvalue weighted by Crippen LogP contribution is -2.53. The fourth-order valence-corrected chi connectivity index (χ4v) is 4.04. The molecule has 2 bridgehead atoms. The highest BCUT2D eigenvalue weighted by Crippen LogP contribution is 2.42. The predicted molar refractivity (Wildman–Crippen MR) is 78.8 cm³/mol. The largest absolute Gasteiger partial charge is 0.463 e. The maximum absolute atomic E-state index is 9.48. The van der Waals surface area contributed by atoms with E-state index in [1.54, 1.807) is 6.26 Å². The zero-order chi connectivity index (χ0) is 14.4. The van der Waals surface area contributed by atoms with Gasteiger partial charge in [-0.15, -0.1) is 0 Å². The Balaban J connectivity index is 1.63. The minimum atomic E-state index is 0.284. The number of aromatic nitrogens is 2. The lowest BCUT2D eigenvalue weighted by Gasteiger charge is -2.49. The van der Waals surface area contributed by atoms with Crippen molar-refractivity contribution in [2.45, 2.75) is 24.8 Å². The summed E-state index contributed by atoms with van der Waals surface area (Å²) < 4.78 is 7.45. The number of aliphatic hydroxyl groups excluding tert-OH is 1. The van der Waals surface area contributed by atoms with Crippen molar-refractivity contribution in [2.75, 3.05) is 19.7 Å². The van der Waals surface area contributed by atoms with Crippen LogP contribution in [0.3, 0.4) is 0 Å². The number of hydrogen-bond acceptors (Lipinski definition) is 4. The molecule has 21 heavy (non-hydrogen) atoms. The van der Waals surface area contributed by atoms with Crippen LogP contribution >= 0.6 is 0 Å². The van der Waals surface area contributed by atoms with E-state index in [1.807, 2.05) is 23.9 Å². The summed E-state index contributed by atoms with van der Waals surface area (Å²) >= 11 is 0. The average molecular weight is 287 g/mol. The minimum Gasteiger partial charge on any atom is -0.463 e. The molecule has 5 heterocycles. The van der Waals surface area contributed by atoms with Gasteiger partial charge in [0.25, 0.3) is 0 Å². The monoisotopic (exact) mass is 287 g/mol. The van der Waals surface area contributed by atoms with Gasteiger partial charge < -0.3 is 9.52 Å². The molecule has 3 saturated heterocycles. The van der Waals surface area contributed by atoms with Crippen molar-refractivity contribution in [3.63, 3.8) is 0 Å². The molecule has 5 nitrogen and oxygen atoms in total. The van der Waals surface area contributed by atoms with E-state index in [2.05, 4.69) is 16.1 Å². The van der Waals surface area contributed by atoms with Crippen LogP contribution in [0.15, 0.2) is 28.9 Å². The van der Waals surface area contributed by atoms with Crippen molar-refractivity contribution in [2.24, 2.45) is 13.0 Å². The van der Waals surface area contributed by atoms with E-state index < -0.39 is 0 Å². The van der Waals surface area contributed by atoms with E-state index in [-0.39, 0.29) is 6.61 Å². The number of furan rings is 1. The molecule has 0 saturated carbocycles. The Morgan fingerprint density at radius 1 is 1.48 bits per heavy atom. The molecule has 2 aromatic heterocycles. The number of nitrogens with zero attached hydrogens (tertiary/aromatic N) is 3. The molecule has 0 aliphatic carbocycles. The van der Waals surface area contributed by atoms with Crippen molar-refractivity contribution in [3.05, 3.63) is 30.2 Å². The lowest BCUT2D eigenvalue weighted by atomic mass is 9.74. The normalized spacial score (nSPS) is 31.7. The molecule has 0 radical (unpaired) electrons. The molecule has 112 valence electrons. The van der Waals surface area contributed by atoms with Crippen LogP contribution in [0.4, 0.5) is 0 Å². The van der Waals surface area contributed by atoms with Gasteiger partial charge in [-0.3, -0.25) is 9.58 Å². The van der Waals surface area contributed by atoms with E-state index in [9.17, 15) is 5.11 Å². The van der Waals surface area contributed by atoms with E-state index in [4.69, 9.17) is 4.42 Å². The van der Waals surface area contributed by atoms with Crippen molar-refractivity contribution >= 4 is 0 Å². The number of fused-ring (bicyclic) bond motifs is 3. The highest BCUT2D eigenvalue weighted by atomic mass is 16.3. The SMILES string of the molecule is Cn1nc(-c2ccco2)cc1[C@@H]1CN2CC[C@H]1C[C@@H]2CO. The molecule has 4 atom stereocenters. The van der Waals surface area contributed by atoms with Gasteiger partial charge in [0.05, 0.1) is 12.9 Å². The quantitative estimate of drug-likeness (QED) is 0.936. The second-order valence-electron chi connectivity index (χ2n) is 6.28. The van der Waals surface area contributed by atoms with E-state index in [1.165, 1.54) is 12.1 Å². The van der Waals surface area contributed by atoms with Gasteiger partial charge in [-0.05, 0) is 43.5 Å². The molecule has 5 rings (SSSR count). The number of aliphatic hydroxyl groups is 1. The standard InChI is InChI=1S/C16H21N3O2/c1-18-15(8-14(17-18)16-3-2-6-21-16)13-9-19-5-4-11(13)7-12(19)10-20/h2-3,6,8,11-13,20H,4-5,7,9-10H2,1H3/t11-,12+,13+/m0/s1. The summed E-state index contributed by atoms with van der Waals surface area (Å²) in [6.07, 6.45) is 4.01. The van der Waals surface area contributed by atoms with Gasteiger partial charge in [0.15, 0.2) is 5.76 Å². The van der Waals surface area contributed by atoms with Crippen LogP contribution < -0.4 is 0 Å². The minimum absolute atomic E-state index is 0.284. The summed E-state index contributed by atoms with van der Waals surface area (Å²) in [7, 11) is 2.02. The van der Waals surface area contributed by atoms with E-state index >= 15 is 0 Å². The third-order valence-electron chi connectivity index (χ3n) is 5.16. The molecule has 1 unspecified atom stereocenters. The number of rotatable bonds is 3. The first-order valence-electron chi connectivity index (χ1n) is 7.69. The topological polar surface area (TPSA) is 54.4 Å². The first-order chi connectivity index (χ1) is 10.3. The molecule has 3 aliphatic heterocycles. The molecule has 2 aromatic rings. The molecule has 0 amide bonds. The smallest absolute Gasteiger partial charge is 0.154 e. The molecule has 0 aromatic carbocycles. The molecule has 3 fully saturated rings. The van der Waals surface area contributed by atoms with Gasteiger partial charge >= 0.3 is 0 Å². The van der Waals surface area contributed by atoms with E-state index in [0.717, 1.165) is 31.0 Å². The first-order valence-corrected chi connectivity index (χ1v) is 7.69. The highest BCUT2D eigenvalue weighted by molar-refractivity contribution is 5.52. The van der Waals surface area contributed by atoms with Gasteiger partial charge in [0, 0.05) is 31.2 Å². The fraction of sp³-hybridized carbons (Fsp3) is 0.562. The van der Waals surface area contributed by atoms with E-state index in [0.29, 0.717) is 17.9 Å². The van der Waals surface area contributed by atoms with Crippen molar-refractivity contribution in [1.29, 1.82) is 0 Å². The maximum Gasteiger partial charge on any atom is 0.154 e. The van der Waals surface area contributed by atoms with Crippen molar-refractivity contribution in [3.8, 4) is 11.5 Å². The zero-order valence-corrected chi connectivity index (χ0v) is 12.3. The summed E-state index contributed by atoms with van der Waals surface area (Å²) in [5, 5.41) is 14.1. The summed E-state index contributed by atoms with van der Waals surface area (Å²) in [6, 6.07) is 6.37. The number of piperidine rings is 3. The lowest BCUT2D eigenvalue weighted by molar-refractivity contribution is 0.00105. The summed E-state index contributed by atoms with van der Waals surface area (Å²) in [6.45, 7) is 2.44. The van der Waals surface area contributed by atoms with Crippen LogP contribution in [0.5, 0.6) is 0 Å². The van der Waals surface area contributed by atoms with Crippen LogP contribution in [-0.2, 0) is 7.05 Å². The number of hydrogen-bond donors (Lipinski definition) is 1. The van der Waals surface area contributed by atoms with Gasteiger partial charge in [-0.2, -0.15) is 5.10 Å². The van der Waals surface area contributed by atoms with Crippen molar-refractivity contribution < 1.29 is 9.52 Å². The van der Waals surface area contributed by atoms with Gasteiger partial charge in [0.1, 0.15) is 5.69 Å². The molecular formula is C16H21N3O2. The fourth-order valence-electron chi connectivity index (χ4n) is 4.04. The second-order valence-corrected chi connectivity index (χ2v) is 6.28. The Morgan fingerprint density at radius 3 is 3.05 bits per heavy atom. The summed E-state index contributed by atoms with van der Waals surface area (Å²) in [5.74, 6) is 2.00. The van der Waals surface area contributed by atoms with Crippen molar-refractivity contribution in [1.82, 2.24) is 14.7 Å². The molecule has 1 N–H and O–H groups in total. The third-order valence-corrected chi connectivity index (χ3v) is 5.16. The summed E-state index contributed by atoms with van der Waals surface area (Å²) in [5.41, 5.74) is 2.19. The Morgan fingerprint density at radius 2 is 2.38 bits per heavy atom. The Hall–Kier alpha value is -1.59. The third kappa shape index (κ3) is 2.12. The molecular weight excluding hydrogens is 266 g/mol.